The van der Waals surface area contributed by atoms with Crippen LogP contribution < -0.4 is 10.5 Å². The average Bonchev–Trinajstić information content (AvgIpc) is 2.96. The van der Waals surface area contributed by atoms with Crippen LogP contribution in [0.3, 0.4) is 0 Å². The average molecular weight is 335 g/mol. The number of hydrogen-bond acceptors (Lipinski definition) is 2. The molecule has 0 saturated heterocycles. The Labute approximate surface area is 120 Å². The zero-order chi connectivity index (χ0) is 12.5. The van der Waals surface area contributed by atoms with Crippen LogP contribution in [0, 0.1) is 5.41 Å². The first-order valence-corrected chi connectivity index (χ1v) is 6.95. The van der Waals surface area contributed by atoms with E-state index in [0.29, 0.717) is 22.4 Å². The first-order chi connectivity index (χ1) is 8.01. The second-order valence-electron chi connectivity index (χ2n) is 4.51. The summed E-state index contributed by atoms with van der Waals surface area (Å²) in [5, 5.41) is 0.616. The van der Waals surface area contributed by atoms with Gasteiger partial charge in [-0.3, -0.25) is 0 Å². The molecule has 1 aromatic carbocycles. The molecule has 0 radical (unpaired) electrons. The van der Waals surface area contributed by atoms with Crippen molar-refractivity contribution in [2.45, 2.75) is 19.3 Å². The molecule has 1 fully saturated rings. The van der Waals surface area contributed by atoms with Gasteiger partial charge >= 0.3 is 0 Å². The van der Waals surface area contributed by atoms with Crippen LogP contribution in [-0.2, 0) is 0 Å². The van der Waals surface area contributed by atoms with Gasteiger partial charge in [0, 0.05) is 16.3 Å². The molecule has 1 aliphatic rings. The fourth-order valence-electron chi connectivity index (χ4n) is 1.74. The summed E-state index contributed by atoms with van der Waals surface area (Å²) in [6, 6.07) is 5.60. The Morgan fingerprint density at radius 2 is 2.24 bits per heavy atom. The Kier molecular flexibility index (Phi) is 3.95. The van der Waals surface area contributed by atoms with Crippen molar-refractivity contribution >= 4 is 44.7 Å². The van der Waals surface area contributed by atoms with Crippen LogP contribution in [0.1, 0.15) is 19.3 Å². The molecule has 92 valence electrons. The van der Waals surface area contributed by atoms with Gasteiger partial charge in [-0.15, -0.1) is 0 Å². The summed E-state index contributed by atoms with van der Waals surface area (Å²) in [4.78, 5) is 0.563. The molecule has 0 spiro atoms. The van der Waals surface area contributed by atoms with Crippen molar-refractivity contribution in [3.05, 3.63) is 27.7 Å². The summed E-state index contributed by atoms with van der Waals surface area (Å²) >= 11 is 14.4. The Balaban J connectivity index is 1.96. The number of thiocarbonyl (C=S) groups is 1. The molecular formula is C12H13BrClNOS. The van der Waals surface area contributed by atoms with Gasteiger partial charge in [-0.05, 0) is 31.0 Å². The van der Waals surface area contributed by atoms with Crippen molar-refractivity contribution in [2.24, 2.45) is 11.1 Å². The molecular weight excluding hydrogens is 322 g/mol. The minimum Gasteiger partial charge on any atom is -0.491 e. The van der Waals surface area contributed by atoms with E-state index in [1.54, 1.807) is 0 Å². The summed E-state index contributed by atoms with van der Waals surface area (Å²) in [6.07, 6.45) is 3.01. The van der Waals surface area contributed by atoms with E-state index in [9.17, 15) is 0 Å². The highest BCUT2D eigenvalue weighted by molar-refractivity contribution is 9.10. The fourth-order valence-corrected chi connectivity index (χ4v) is 2.78. The highest BCUT2D eigenvalue weighted by Crippen LogP contribution is 2.49. The summed E-state index contributed by atoms with van der Waals surface area (Å²) < 4.78 is 6.70. The molecule has 0 unspecified atom stereocenters. The topological polar surface area (TPSA) is 35.2 Å². The van der Waals surface area contributed by atoms with E-state index in [-0.39, 0.29) is 5.41 Å². The minimum absolute atomic E-state index is 0.155. The zero-order valence-electron chi connectivity index (χ0n) is 9.21. The molecule has 0 heterocycles. The third-order valence-electron chi connectivity index (χ3n) is 2.93. The van der Waals surface area contributed by atoms with Gasteiger partial charge in [0.2, 0.25) is 0 Å². The molecule has 0 aliphatic heterocycles. The van der Waals surface area contributed by atoms with Crippen LogP contribution in [0.2, 0.25) is 5.02 Å². The van der Waals surface area contributed by atoms with E-state index in [4.69, 9.17) is 34.3 Å². The normalized spacial score (nSPS) is 16.6. The lowest BCUT2D eigenvalue weighted by atomic mass is 10.0. The summed E-state index contributed by atoms with van der Waals surface area (Å²) in [6.45, 7) is 0.631. The maximum absolute atomic E-state index is 6.08. The number of ether oxygens (including phenoxy) is 1. The molecule has 1 aliphatic carbocycles. The molecule has 5 heteroatoms. The van der Waals surface area contributed by atoms with E-state index in [1.165, 1.54) is 0 Å². The highest BCUT2D eigenvalue weighted by Gasteiger charge is 2.43. The molecule has 2 nitrogen and oxygen atoms in total. The van der Waals surface area contributed by atoms with E-state index < -0.39 is 0 Å². The van der Waals surface area contributed by atoms with Crippen LogP contribution in [0.25, 0.3) is 0 Å². The molecule has 1 aromatic rings. The molecule has 17 heavy (non-hydrogen) atoms. The van der Waals surface area contributed by atoms with Gasteiger partial charge in [0.05, 0.1) is 16.6 Å². The third-order valence-corrected chi connectivity index (χ3v) is 3.87. The quantitative estimate of drug-likeness (QED) is 0.828. The largest absolute Gasteiger partial charge is 0.491 e. The lowest BCUT2D eigenvalue weighted by molar-refractivity contribution is 0.239. The second kappa shape index (κ2) is 5.12. The molecule has 0 amide bonds. The predicted molar refractivity (Wildman–Crippen MR) is 77.7 cm³/mol. The molecule has 0 atom stereocenters. The summed E-state index contributed by atoms with van der Waals surface area (Å²) in [5.74, 6) is 0.712. The summed E-state index contributed by atoms with van der Waals surface area (Å²) in [5.41, 5.74) is 5.74. The van der Waals surface area contributed by atoms with Crippen LogP contribution in [0.5, 0.6) is 5.75 Å². The maximum Gasteiger partial charge on any atom is 0.137 e. The monoisotopic (exact) mass is 333 g/mol. The number of halogens is 2. The standard InChI is InChI=1S/C12H13BrClNOS/c13-8-1-2-10(9(14)5-8)16-7-12(3-4-12)6-11(15)17/h1-2,5H,3-4,6-7H2,(H2,15,17). The predicted octanol–water partition coefficient (Wildman–Crippen LogP) is 3.94. The van der Waals surface area contributed by atoms with Gasteiger partial charge in [0.1, 0.15) is 5.75 Å². The fraction of sp³-hybridized carbons (Fsp3) is 0.417. The van der Waals surface area contributed by atoms with Gasteiger partial charge in [-0.25, -0.2) is 0 Å². The van der Waals surface area contributed by atoms with Crippen LogP contribution in [-0.4, -0.2) is 11.6 Å². The van der Waals surface area contributed by atoms with E-state index >= 15 is 0 Å². The lowest BCUT2D eigenvalue weighted by Crippen LogP contribution is -2.21. The molecule has 2 rings (SSSR count). The Hall–Kier alpha value is -0.320. The number of benzene rings is 1. The van der Waals surface area contributed by atoms with E-state index in [2.05, 4.69) is 15.9 Å². The molecule has 0 bridgehead atoms. The van der Waals surface area contributed by atoms with Crippen LogP contribution in [0.4, 0.5) is 0 Å². The number of nitrogens with two attached hydrogens (primary N) is 1. The van der Waals surface area contributed by atoms with Crippen molar-refractivity contribution in [3.63, 3.8) is 0 Å². The number of hydrogen-bond donors (Lipinski definition) is 1. The minimum atomic E-state index is 0.155. The van der Waals surface area contributed by atoms with Gasteiger partial charge in [-0.2, -0.15) is 0 Å². The first-order valence-electron chi connectivity index (χ1n) is 5.37. The lowest BCUT2D eigenvalue weighted by Gasteiger charge is -2.16. The summed E-state index contributed by atoms with van der Waals surface area (Å²) in [7, 11) is 0. The Morgan fingerprint density at radius 1 is 1.53 bits per heavy atom. The highest BCUT2D eigenvalue weighted by atomic mass is 79.9. The first kappa shape index (κ1) is 13.1. The van der Waals surface area contributed by atoms with Gasteiger partial charge in [0.15, 0.2) is 0 Å². The van der Waals surface area contributed by atoms with Crippen molar-refractivity contribution in [1.82, 2.24) is 0 Å². The van der Waals surface area contributed by atoms with Gasteiger partial charge < -0.3 is 10.5 Å². The molecule has 0 aromatic heterocycles. The van der Waals surface area contributed by atoms with E-state index in [0.717, 1.165) is 23.7 Å². The smallest absolute Gasteiger partial charge is 0.137 e. The molecule has 2 N–H and O–H groups in total. The second-order valence-corrected chi connectivity index (χ2v) is 6.35. The van der Waals surface area contributed by atoms with Gasteiger partial charge in [0.25, 0.3) is 0 Å². The molecule has 1 saturated carbocycles. The Morgan fingerprint density at radius 3 is 2.76 bits per heavy atom. The Bertz CT molecular complexity index is 448. The van der Waals surface area contributed by atoms with Crippen molar-refractivity contribution in [3.8, 4) is 5.75 Å². The van der Waals surface area contributed by atoms with Crippen molar-refractivity contribution in [2.75, 3.05) is 6.61 Å². The van der Waals surface area contributed by atoms with Gasteiger partial charge in [-0.1, -0.05) is 39.7 Å². The number of rotatable bonds is 5. The maximum atomic E-state index is 6.08. The van der Waals surface area contributed by atoms with Crippen LogP contribution >= 0.6 is 39.7 Å². The SMILES string of the molecule is NC(=S)CC1(COc2ccc(Br)cc2Cl)CC1. The third kappa shape index (κ3) is 3.57. The van der Waals surface area contributed by atoms with Crippen molar-refractivity contribution in [1.29, 1.82) is 0 Å². The zero-order valence-corrected chi connectivity index (χ0v) is 12.4. The van der Waals surface area contributed by atoms with Crippen molar-refractivity contribution < 1.29 is 4.74 Å². The van der Waals surface area contributed by atoms with E-state index in [1.807, 2.05) is 18.2 Å². The van der Waals surface area contributed by atoms with Crippen LogP contribution in [0.15, 0.2) is 22.7 Å².